The van der Waals surface area contributed by atoms with Gasteiger partial charge in [-0.05, 0) is 48.5 Å². The first-order valence-electron chi connectivity index (χ1n) is 9.38. The number of hydrogen-bond acceptors (Lipinski definition) is 7. The number of thioether (sulfide) groups is 1. The maximum atomic E-state index is 13.9. The maximum Gasteiger partial charge on any atom is 0.343 e. The largest absolute Gasteiger partial charge is 0.490 e. The first-order valence-corrected chi connectivity index (χ1v) is 10.2. The Balaban J connectivity index is 1.79. The minimum absolute atomic E-state index is 0.140. The molecule has 0 bridgehead atoms. The van der Waals surface area contributed by atoms with E-state index in [1.807, 2.05) is 0 Å². The monoisotopic (exact) mass is 445 g/mol. The second-order valence-corrected chi connectivity index (χ2v) is 7.36. The van der Waals surface area contributed by atoms with Crippen LogP contribution in [0.15, 0.2) is 47.4 Å². The number of carbonyl (C=O) groups is 3. The van der Waals surface area contributed by atoms with Crippen molar-refractivity contribution in [3.8, 4) is 11.5 Å². The number of esters is 1. The molecule has 0 aliphatic carbocycles. The lowest BCUT2D eigenvalue weighted by molar-refractivity contribution is -0.142. The highest BCUT2D eigenvalue weighted by Gasteiger charge is 2.35. The number of amides is 2. The minimum Gasteiger partial charge on any atom is -0.490 e. The average Bonchev–Trinajstić information content (AvgIpc) is 3.02. The zero-order chi connectivity index (χ0) is 22.4. The van der Waals surface area contributed by atoms with Crippen LogP contribution >= 0.6 is 11.8 Å². The van der Waals surface area contributed by atoms with E-state index in [0.717, 1.165) is 16.7 Å². The highest BCUT2D eigenvalue weighted by Crippen LogP contribution is 2.35. The van der Waals surface area contributed by atoms with Gasteiger partial charge in [0.15, 0.2) is 18.1 Å². The third kappa shape index (κ3) is 5.43. The van der Waals surface area contributed by atoms with Crippen LogP contribution in [-0.2, 0) is 20.9 Å². The third-order valence-corrected chi connectivity index (χ3v) is 5.21. The van der Waals surface area contributed by atoms with Crippen LogP contribution < -0.4 is 9.47 Å². The number of imide groups is 1. The van der Waals surface area contributed by atoms with Gasteiger partial charge in [0.05, 0.1) is 25.2 Å². The number of halogens is 1. The van der Waals surface area contributed by atoms with E-state index < -0.39 is 22.9 Å². The molecule has 2 amide bonds. The molecule has 2 aromatic rings. The zero-order valence-corrected chi connectivity index (χ0v) is 17.7. The summed E-state index contributed by atoms with van der Waals surface area (Å²) in [6.07, 6.45) is 1.55. The predicted octanol–water partition coefficient (Wildman–Crippen LogP) is 4.01. The Bertz CT molecular complexity index is 1040. The Morgan fingerprint density at radius 1 is 1.13 bits per heavy atom. The molecule has 0 unspecified atom stereocenters. The van der Waals surface area contributed by atoms with Gasteiger partial charge in [-0.25, -0.2) is 9.18 Å². The van der Waals surface area contributed by atoms with Gasteiger partial charge in [-0.15, -0.1) is 0 Å². The molecular formula is C22H20FNO6S. The lowest BCUT2D eigenvalue weighted by Gasteiger charge is -2.13. The molecule has 3 rings (SSSR count). The molecule has 7 nitrogen and oxygen atoms in total. The molecule has 1 aliphatic heterocycles. The van der Waals surface area contributed by atoms with Crippen LogP contribution in [0.25, 0.3) is 6.08 Å². The maximum absolute atomic E-state index is 13.9. The summed E-state index contributed by atoms with van der Waals surface area (Å²) in [4.78, 5) is 37.6. The summed E-state index contributed by atoms with van der Waals surface area (Å²) >= 11 is 0.785. The van der Waals surface area contributed by atoms with Gasteiger partial charge in [0.25, 0.3) is 11.1 Å². The summed E-state index contributed by atoms with van der Waals surface area (Å²) < 4.78 is 29.4. The van der Waals surface area contributed by atoms with Crippen molar-refractivity contribution in [2.75, 3.05) is 20.3 Å². The SMILES string of the molecule is CCOc1cc(/C=C2\SC(=O)N(Cc3ccccc3F)C2=O)ccc1OCC(=O)OC. The molecular weight excluding hydrogens is 425 g/mol. The van der Waals surface area contributed by atoms with Gasteiger partial charge in [-0.1, -0.05) is 24.3 Å². The van der Waals surface area contributed by atoms with Crippen molar-refractivity contribution in [2.45, 2.75) is 13.5 Å². The Morgan fingerprint density at radius 2 is 1.90 bits per heavy atom. The topological polar surface area (TPSA) is 82.1 Å². The number of nitrogens with zero attached hydrogens (tertiary/aromatic N) is 1. The van der Waals surface area contributed by atoms with E-state index in [-0.39, 0.29) is 23.6 Å². The Labute approximate surface area is 182 Å². The normalized spacial score (nSPS) is 14.8. The Hall–Kier alpha value is -3.33. The summed E-state index contributed by atoms with van der Waals surface area (Å²) in [5.41, 5.74) is 0.863. The van der Waals surface area contributed by atoms with Crippen LogP contribution in [0.5, 0.6) is 11.5 Å². The molecule has 1 saturated heterocycles. The number of benzene rings is 2. The highest BCUT2D eigenvalue weighted by atomic mass is 32.2. The first kappa shape index (κ1) is 22.4. The van der Waals surface area contributed by atoms with Gasteiger partial charge >= 0.3 is 5.97 Å². The number of carbonyl (C=O) groups excluding carboxylic acids is 3. The van der Waals surface area contributed by atoms with Crippen molar-refractivity contribution in [3.63, 3.8) is 0 Å². The Morgan fingerprint density at radius 3 is 2.61 bits per heavy atom. The van der Waals surface area contributed by atoms with Gasteiger partial charge in [0, 0.05) is 5.56 Å². The molecule has 0 radical (unpaired) electrons. The molecule has 0 N–H and O–H groups in total. The van der Waals surface area contributed by atoms with Crippen LogP contribution in [0.2, 0.25) is 0 Å². The van der Waals surface area contributed by atoms with E-state index >= 15 is 0 Å². The lowest BCUT2D eigenvalue weighted by Crippen LogP contribution is -2.27. The molecule has 31 heavy (non-hydrogen) atoms. The first-order chi connectivity index (χ1) is 14.9. The van der Waals surface area contributed by atoms with E-state index in [1.54, 1.807) is 43.3 Å². The minimum atomic E-state index is -0.532. The third-order valence-electron chi connectivity index (χ3n) is 4.30. The molecule has 9 heteroatoms. The summed E-state index contributed by atoms with van der Waals surface area (Å²) in [7, 11) is 1.26. The number of ether oxygens (including phenoxy) is 3. The number of methoxy groups -OCH3 is 1. The van der Waals surface area contributed by atoms with Crippen LogP contribution in [0.1, 0.15) is 18.1 Å². The number of hydrogen-bond donors (Lipinski definition) is 0. The highest BCUT2D eigenvalue weighted by molar-refractivity contribution is 8.18. The van der Waals surface area contributed by atoms with Crippen molar-refractivity contribution in [1.29, 1.82) is 0 Å². The number of rotatable bonds is 8. The zero-order valence-electron chi connectivity index (χ0n) is 16.9. The molecule has 0 aromatic heterocycles. The van der Waals surface area contributed by atoms with Crippen LogP contribution in [0, 0.1) is 5.82 Å². The molecule has 0 spiro atoms. The van der Waals surface area contributed by atoms with Gasteiger partial charge in [-0.3, -0.25) is 14.5 Å². The quantitative estimate of drug-likeness (QED) is 0.448. The molecule has 1 aliphatic rings. The average molecular weight is 445 g/mol. The molecule has 1 heterocycles. The van der Waals surface area contributed by atoms with E-state index in [4.69, 9.17) is 9.47 Å². The fourth-order valence-electron chi connectivity index (χ4n) is 2.78. The van der Waals surface area contributed by atoms with Crippen molar-refractivity contribution >= 4 is 35.0 Å². The van der Waals surface area contributed by atoms with Crippen LogP contribution in [0.3, 0.4) is 0 Å². The van der Waals surface area contributed by atoms with Crippen molar-refractivity contribution in [3.05, 3.63) is 64.3 Å². The van der Waals surface area contributed by atoms with Gasteiger partial charge in [0.1, 0.15) is 5.82 Å². The van der Waals surface area contributed by atoms with E-state index in [1.165, 1.54) is 19.2 Å². The lowest BCUT2D eigenvalue weighted by atomic mass is 10.1. The Kier molecular flexibility index (Phi) is 7.30. The van der Waals surface area contributed by atoms with E-state index in [2.05, 4.69) is 4.74 Å². The summed E-state index contributed by atoms with van der Waals surface area (Å²) in [6.45, 7) is 1.74. The molecule has 0 saturated carbocycles. The second-order valence-electron chi connectivity index (χ2n) is 6.36. The van der Waals surface area contributed by atoms with E-state index in [9.17, 15) is 18.8 Å². The van der Waals surface area contributed by atoms with Gasteiger partial charge < -0.3 is 14.2 Å². The summed E-state index contributed by atoms with van der Waals surface area (Å²) in [5.74, 6) is -0.783. The van der Waals surface area contributed by atoms with Crippen molar-refractivity contribution in [1.82, 2.24) is 4.90 Å². The molecule has 162 valence electrons. The van der Waals surface area contributed by atoms with Crippen molar-refractivity contribution in [2.24, 2.45) is 0 Å². The summed E-state index contributed by atoms with van der Waals surface area (Å²) in [6, 6.07) is 10.9. The molecule has 2 aromatic carbocycles. The predicted molar refractivity (Wildman–Crippen MR) is 113 cm³/mol. The standard InChI is InChI=1S/C22H20FNO6S/c1-3-29-18-10-14(8-9-17(18)30-13-20(25)28-2)11-19-21(26)24(22(27)31-19)12-15-6-4-5-7-16(15)23/h4-11H,3,12-13H2,1-2H3/b19-11-. The van der Waals surface area contributed by atoms with Crippen molar-refractivity contribution < 1.29 is 33.0 Å². The van der Waals surface area contributed by atoms with E-state index in [0.29, 0.717) is 23.7 Å². The second kappa shape index (κ2) is 10.1. The van der Waals surface area contributed by atoms with Gasteiger partial charge in [-0.2, -0.15) is 0 Å². The fourth-order valence-corrected chi connectivity index (χ4v) is 3.62. The summed E-state index contributed by atoms with van der Waals surface area (Å²) in [5, 5.41) is -0.470. The van der Waals surface area contributed by atoms with Crippen LogP contribution in [0.4, 0.5) is 9.18 Å². The molecule has 0 atom stereocenters. The van der Waals surface area contributed by atoms with Crippen LogP contribution in [-0.4, -0.2) is 42.3 Å². The smallest absolute Gasteiger partial charge is 0.343 e. The molecule has 1 fully saturated rings. The fraction of sp³-hybridized carbons (Fsp3) is 0.227. The van der Waals surface area contributed by atoms with Gasteiger partial charge in [0.2, 0.25) is 0 Å².